The first kappa shape index (κ1) is 14.6. The fourth-order valence-corrected chi connectivity index (χ4v) is 1.56. The van der Waals surface area contributed by atoms with Gasteiger partial charge < -0.3 is 15.8 Å². The van der Waals surface area contributed by atoms with Crippen LogP contribution in [0.3, 0.4) is 0 Å². The van der Waals surface area contributed by atoms with Gasteiger partial charge in [-0.15, -0.1) is 0 Å². The van der Waals surface area contributed by atoms with Gasteiger partial charge in [-0.3, -0.25) is 4.79 Å². The number of nitrogens with one attached hydrogen (secondary N) is 1. The summed E-state index contributed by atoms with van der Waals surface area (Å²) in [6.07, 6.45) is 0.639. The van der Waals surface area contributed by atoms with Crippen molar-refractivity contribution >= 4 is 5.91 Å². The third-order valence-electron chi connectivity index (χ3n) is 2.60. The molecule has 0 radical (unpaired) electrons. The van der Waals surface area contributed by atoms with Crippen LogP contribution in [0, 0.1) is 12.7 Å². The largest absolute Gasteiger partial charge is 0.383 e. The van der Waals surface area contributed by atoms with Gasteiger partial charge in [0, 0.05) is 25.3 Å². The number of nitrogens with two attached hydrogens (primary N) is 1. The summed E-state index contributed by atoms with van der Waals surface area (Å²) in [5, 5.41) is 2.74. The Hall–Kier alpha value is -1.46. The second kappa shape index (κ2) is 7.08. The van der Waals surface area contributed by atoms with E-state index in [1.54, 1.807) is 14.0 Å². The van der Waals surface area contributed by atoms with Crippen LogP contribution in [0.4, 0.5) is 4.39 Å². The molecule has 100 valence electrons. The molecule has 1 aromatic carbocycles. The predicted octanol–water partition coefficient (Wildman–Crippen LogP) is 1.23. The number of hydrogen-bond donors (Lipinski definition) is 2. The molecular formula is C13H19FN2O2. The van der Waals surface area contributed by atoms with Gasteiger partial charge in [0.15, 0.2) is 0 Å². The number of benzene rings is 1. The zero-order chi connectivity index (χ0) is 13.5. The second-order valence-electron chi connectivity index (χ2n) is 4.22. The van der Waals surface area contributed by atoms with Crippen molar-refractivity contribution in [3.8, 4) is 0 Å². The quantitative estimate of drug-likeness (QED) is 0.802. The third-order valence-corrected chi connectivity index (χ3v) is 2.60. The van der Waals surface area contributed by atoms with Crippen LogP contribution in [0.15, 0.2) is 18.2 Å². The highest BCUT2D eigenvalue weighted by molar-refractivity contribution is 5.94. The van der Waals surface area contributed by atoms with Crippen molar-refractivity contribution < 1.29 is 13.9 Å². The molecule has 0 bridgehead atoms. The molecule has 0 saturated carbocycles. The summed E-state index contributed by atoms with van der Waals surface area (Å²) < 4.78 is 17.9. The van der Waals surface area contributed by atoms with Crippen LogP contribution in [0.2, 0.25) is 0 Å². The minimum Gasteiger partial charge on any atom is -0.383 e. The van der Waals surface area contributed by atoms with E-state index in [4.69, 9.17) is 10.5 Å². The van der Waals surface area contributed by atoms with E-state index in [-0.39, 0.29) is 17.8 Å². The molecule has 0 aliphatic heterocycles. The Balaban J connectivity index is 2.43. The van der Waals surface area contributed by atoms with Gasteiger partial charge in [-0.05, 0) is 37.1 Å². The molecule has 0 saturated heterocycles. The molecule has 0 spiro atoms. The lowest BCUT2D eigenvalue weighted by atomic mass is 10.1. The fourth-order valence-electron chi connectivity index (χ4n) is 1.56. The molecule has 1 unspecified atom stereocenters. The van der Waals surface area contributed by atoms with Gasteiger partial charge in [-0.25, -0.2) is 4.39 Å². The molecule has 3 N–H and O–H groups in total. The maximum atomic E-state index is 13.0. The van der Waals surface area contributed by atoms with Crippen LogP contribution < -0.4 is 11.1 Å². The Morgan fingerprint density at radius 3 is 2.89 bits per heavy atom. The minimum absolute atomic E-state index is 0.0924. The Morgan fingerprint density at radius 1 is 1.56 bits per heavy atom. The maximum Gasteiger partial charge on any atom is 0.251 e. The minimum atomic E-state index is -0.311. The molecule has 1 atom stereocenters. The van der Waals surface area contributed by atoms with Crippen molar-refractivity contribution in [1.82, 2.24) is 5.32 Å². The molecule has 0 aliphatic carbocycles. The van der Waals surface area contributed by atoms with Crippen LogP contribution in [0.25, 0.3) is 0 Å². The zero-order valence-corrected chi connectivity index (χ0v) is 10.7. The molecule has 1 aromatic rings. The van der Waals surface area contributed by atoms with Crippen molar-refractivity contribution in [2.24, 2.45) is 5.73 Å². The first-order valence-electron chi connectivity index (χ1n) is 5.83. The summed E-state index contributed by atoms with van der Waals surface area (Å²) in [5.74, 6) is -0.531. The number of halogens is 1. The van der Waals surface area contributed by atoms with E-state index in [0.717, 1.165) is 0 Å². The first-order chi connectivity index (χ1) is 8.54. The summed E-state index contributed by atoms with van der Waals surface area (Å²) in [6, 6.07) is 4.19. The average molecular weight is 254 g/mol. The highest BCUT2D eigenvalue weighted by Crippen LogP contribution is 2.09. The highest BCUT2D eigenvalue weighted by atomic mass is 19.1. The van der Waals surface area contributed by atoms with Crippen molar-refractivity contribution in [2.75, 3.05) is 20.3 Å². The Morgan fingerprint density at radius 2 is 2.28 bits per heavy atom. The van der Waals surface area contributed by atoms with Gasteiger partial charge in [0.05, 0.1) is 6.61 Å². The monoisotopic (exact) mass is 254 g/mol. The van der Waals surface area contributed by atoms with E-state index in [9.17, 15) is 9.18 Å². The summed E-state index contributed by atoms with van der Waals surface area (Å²) in [5.41, 5.74) is 6.64. The molecule has 0 heterocycles. The normalized spacial score (nSPS) is 12.2. The zero-order valence-electron chi connectivity index (χ0n) is 10.7. The van der Waals surface area contributed by atoms with Gasteiger partial charge in [0.2, 0.25) is 0 Å². The number of rotatable bonds is 6. The van der Waals surface area contributed by atoms with Crippen LogP contribution in [-0.4, -0.2) is 32.2 Å². The Kier molecular flexibility index (Phi) is 5.74. The summed E-state index contributed by atoms with van der Waals surface area (Å²) in [4.78, 5) is 11.7. The molecule has 5 heteroatoms. The summed E-state index contributed by atoms with van der Waals surface area (Å²) in [6.45, 7) is 2.56. The van der Waals surface area contributed by atoms with Gasteiger partial charge in [-0.2, -0.15) is 0 Å². The molecular weight excluding hydrogens is 235 g/mol. The average Bonchev–Trinajstić information content (AvgIpc) is 2.33. The number of hydrogen-bond acceptors (Lipinski definition) is 3. The van der Waals surface area contributed by atoms with Crippen LogP contribution in [-0.2, 0) is 4.74 Å². The van der Waals surface area contributed by atoms with Crippen molar-refractivity contribution in [1.29, 1.82) is 0 Å². The van der Waals surface area contributed by atoms with E-state index in [1.165, 1.54) is 18.2 Å². The summed E-state index contributed by atoms with van der Waals surface area (Å²) in [7, 11) is 1.58. The van der Waals surface area contributed by atoms with E-state index in [0.29, 0.717) is 30.7 Å². The smallest absolute Gasteiger partial charge is 0.251 e. The second-order valence-corrected chi connectivity index (χ2v) is 4.22. The number of carbonyl (C=O) groups is 1. The molecule has 4 nitrogen and oxygen atoms in total. The topological polar surface area (TPSA) is 64.3 Å². The van der Waals surface area contributed by atoms with Gasteiger partial charge in [-0.1, -0.05) is 0 Å². The molecule has 0 aromatic heterocycles. The molecule has 1 rings (SSSR count). The lowest BCUT2D eigenvalue weighted by molar-refractivity contribution is 0.0950. The SMILES string of the molecule is COCC(N)CCNC(=O)c1ccc(F)c(C)c1. The number of amides is 1. The van der Waals surface area contributed by atoms with Crippen LogP contribution in [0.1, 0.15) is 22.3 Å². The summed E-state index contributed by atoms with van der Waals surface area (Å²) >= 11 is 0. The lowest BCUT2D eigenvalue weighted by Crippen LogP contribution is -2.32. The predicted molar refractivity (Wildman–Crippen MR) is 67.9 cm³/mol. The van der Waals surface area contributed by atoms with E-state index >= 15 is 0 Å². The number of aryl methyl sites for hydroxylation is 1. The van der Waals surface area contributed by atoms with Gasteiger partial charge in [0.1, 0.15) is 5.82 Å². The molecule has 0 fully saturated rings. The Bertz CT molecular complexity index is 410. The van der Waals surface area contributed by atoms with Crippen LogP contribution >= 0.6 is 0 Å². The molecule has 18 heavy (non-hydrogen) atoms. The van der Waals surface area contributed by atoms with Crippen molar-refractivity contribution in [3.63, 3.8) is 0 Å². The lowest BCUT2D eigenvalue weighted by Gasteiger charge is -2.11. The standard InChI is InChI=1S/C13H19FN2O2/c1-9-7-10(3-4-12(9)14)13(17)16-6-5-11(15)8-18-2/h3-4,7,11H,5-6,8,15H2,1-2H3,(H,16,17). The van der Waals surface area contributed by atoms with Crippen molar-refractivity contribution in [3.05, 3.63) is 35.1 Å². The highest BCUT2D eigenvalue weighted by Gasteiger charge is 2.08. The van der Waals surface area contributed by atoms with Crippen LogP contribution in [0.5, 0.6) is 0 Å². The number of ether oxygens (including phenoxy) is 1. The molecule has 1 amide bonds. The third kappa shape index (κ3) is 4.43. The van der Waals surface area contributed by atoms with E-state index in [1.807, 2.05) is 0 Å². The molecule has 0 aliphatic rings. The number of methoxy groups -OCH3 is 1. The first-order valence-corrected chi connectivity index (χ1v) is 5.83. The van der Waals surface area contributed by atoms with Gasteiger partial charge in [0.25, 0.3) is 5.91 Å². The van der Waals surface area contributed by atoms with E-state index in [2.05, 4.69) is 5.32 Å². The maximum absolute atomic E-state index is 13.0. The van der Waals surface area contributed by atoms with E-state index < -0.39 is 0 Å². The van der Waals surface area contributed by atoms with Crippen molar-refractivity contribution in [2.45, 2.75) is 19.4 Å². The van der Waals surface area contributed by atoms with Gasteiger partial charge >= 0.3 is 0 Å². The number of carbonyl (C=O) groups excluding carboxylic acids is 1. The Labute approximate surface area is 106 Å². The fraction of sp³-hybridized carbons (Fsp3) is 0.462.